The molecule has 0 aliphatic heterocycles. The van der Waals surface area contributed by atoms with Crippen LogP contribution in [0.15, 0.2) is 18.2 Å². The van der Waals surface area contributed by atoms with Crippen LogP contribution in [0, 0.1) is 6.92 Å². The summed E-state index contributed by atoms with van der Waals surface area (Å²) < 4.78 is 5.30. The lowest BCUT2D eigenvalue weighted by molar-refractivity contribution is -0.137. The van der Waals surface area contributed by atoms with Crippen LogP contribution < -0.4 is 10.1 Å². The first-order chi connectivity index (χ1) is 9.85. The normalized spacial score (nSPS) is 11.6. The molecule has 21 heavy (non-hydrogen) atoms. The number of carboxylic acids is 1. The average Bonchev–Trinajstić information content (AvgIpc) is 2.44. The van der Waals surface area contributed by atoms with E-state index in [0.717, 1.165) is 11.1 Å². The second kappa shape index (κ2) is 7.52. The highest BCUT2D eigenvalue weighted by Crippen LogP contribution is 2.26. The molecule has 1 atom stereocenters. The van der Waals surface area contributed by atoms with Crippen molar-refractivity contribution < 1.29 is 19.4 Å². The number of hydrogen-bond donors (Lipinski definition) is 2. The number of carbonyl (C=O) groups is 2. The molecule has 0 aliphatic carbocycles. The van der Waals surface area contributed by atoms with Gasteiger partial charge >= 0.3 is 12.0 Å². The summed E-state index contributed by atoms with van der Waals surface area (Å²) in [5.41, 5.74) is 1.96. The first kappa shape index (κ1) is 16.8. The van der Waals surface area contributed by atoms with Gasteiger partial charge in [0.15, 0.2) is 0 Å². The van der Waals surface area contributed by atoms with E-state index >= 15 is 0 Å². The van der Waals surface area contributed by atoms with Gasteiger partial charge in [0, 0.05) is 19.2 Å². The zero-order chi connectivity index (χ0) is 16.0. The molecule has 0 bridgehead atoms. The van der Waals surface area contributed by atoms with Crippen LogP contribution in [0.4, 0.5) is 4.79 Å². The Hall–Kier alpha value is -2.24. The standard InChI is InChI=1S/C15H22N2O4/c1-10-5-6-13(21-4)12(9-10)11(2)16-15(20)17(3)8-7-14(18)19/h5-6,9,11H,7-8H2,1-4H3,(H,16,20)(H,18,19)/t11-/m0/s1. The Morgan fingerprint density at radius 1 is 1.43 bits per heavy atom. The van der Waals surface area contributed by atoms with E-state index in [-0.39, 0.29) is 25.0 Å². The molecule has 0 radical (unpaired) electrons. The summed E-state index contributed by atoms with van der Waals surface area (Å²) in [4.78, 5) is 23.9. The number of urea groups is 1. The molecule has 2 N–H and O–H groups in total. The molecule has 6 nitrogen and oxygen atoms in total. The molecule has 0 spiro atoms. The van der Waals surface area contributed by atoms with Gasteiger partial charge in [-0.15, -0.1) is 0 Å². The zero-order valence-corrected chi connectivity index (χ0v) is 12.8. The van der Waals surface area contributed by atoms with Crippen LogP contribution in [0.25, 0.3) is 0 Å². The number of methoxy groups -OCH3 is 1. The Balaban J connectivity index is 2.72. The Bertz CT molecular complexity index is 516. The molecule has 0 unspecified atom stereocenters. The molecule has 0 saturated heterocycles. The van der Waals surface area contributed by atoms with Gasteiger partial charge in [-0.1, -0.05) is 17.7 Å². The molecule has 1 aromatic carbocycles. The topological polar surface area (TPSA) is 78.9 Å². The summed E-state index contributed by atoms with van der Waals surface area (Å²) in [6.45, 7) is 4.00. The molecule has 0 aliphatic rings. The van der Waals surface area contributed by atoms with Crippen LogP contribution >= 0.6 is 0 Å². The number of amides is 2. The molecule has 2 amide bonds. The summed E-state index contributed by atoms with van der Waals surface area (Å²) in [5, 5.41) is 11.5. The number of aryl methyl sites for hydroxylation is 1. The van der Waals surface area contributed by atoms with E-state index in [2.05, 4.69) is 5.32 Å². The Kier molecular flexibility index (Phi) is 6.02. The number of benzene rings is 1. The van der Waals surface area contributed by atoms with E-state index in [9.17, 15) is 9.59 Å². The highest BCUT2D eigenvalue weighted by molar-refractivity contribution is 5.75. The quantitative estimate of drug-likeness (QED) is 0.843. The van der Waals surface area contributed by atoms with E-state index in [0.29, 0.717) is 5.75 Å². The minimum absolute atomic E-state index is 0.0773. The number of aliphatic carboxylic acids is 1. The van der Waals surface area contributed by atoms with Crippen molar-refractivity contribution in [2.75, 3.05) is 20.7 Å². The maximum Gasteiger partial charge on any atom is 0.317 e. The lowest BCUT2D eigenvalue weighted by atomic mass is 10.0. The number of carboxylic acid groups (broad SMARTS) is 1. The number of nitrogens with zero attached hydrogens (tertiary/aromatic N) is 1. The van der Waals surface area contributed by atoms with Crippen molar-refractivity contribution in [3.8, 4) is 5.75 Å². The van der Waals surface area contributed by atoms with Gasteiger partial charge in [-0.25, -0.2) is 4.79 Å². The monoisotopic (exact) mass is 294 g/mol. The molecule has 0 saturated carbocycles. The third-order valence-corrected chi connectivity index (χ3v) is 3.20. The lowest BCUT2D eigenvalue weighted by Gasteiger charge is -2.22. The zero-order valence-electron chi connectivity index (χ0n) is 12.8. The van der Waals surface area contributed by atoms with Crippen molar-refractivity contribution in [1.82, 2.24) is 10.2 Å². The van der Waals surface area contributed by atoms with Crippen LogP contribution in [0.3, 0.4) is 0 Å². The summed E-state index contributed by atoms with van der Waals surface area (Å²) >= 11 is 0. The van der Waals surface area contributed by atoms with Gasteiger partial charge in [-0.3, -0.25) is 4.79 Å². The molecular weight excluding hydrogens is 272 g/mol. The van der Waals surface area contributed by atoms with Crippen LogP contribution in [0.2, 0.25) is 0 Å². The molecular formula is C15H22N2O4. The van der Waals surface area contributed by atoms with Crippen LogP contribution in [0.5, 0.6) is 5.75 Å². The highest BCUT2D eigenvalue weighted by atomic mass is 16.5. The van der Waals surface area contributed by atoms with Gasteiger partial charge in [0.2, 0.25) is 0 Å². The Labute approximate surface area is 124 Å². The van der Waals surface area contributed by atoms with Crippen molar-refractivity contribution in [3.05, 3.63) is 29.3 Å². The average molecular weight is 294 g/mol. The minimum Gasteiger partial charge on any atom is -0.496 e. The molecule has 0 fully saturated rings. The summed E-state index contributed by atoms with van der Waals surface area (Å²) in [5.74, 6) is -0.218. The van der Waals surface area contributed by atoms with Crippen LogP contribution in [-0.2, 0) is 4.79 Å². The fourth-order valence-electron chi connectivity index (χ4n) is 1.93. The van der Waals surface area contributed by atoms with Crippen molar-refractivity contribution in [2.45, 2.75) is 26.3 Å². The molecule has 6 heteroatoms. The van der Waals surface area contributed by atoms with Crippen molar-refractivity contribution in [1.29, 1.82) is 0 Å². The summed E-state index contributed by atoms with van der Waals surface area (Å²) in [7, 11) is 3.15. The second-order valence-electron chi connectivity index (χ2n) is 4.98. The number of hydrogen-bond acceptors (Lipinski definition) is 3. The van der Waals surface area contributed by atoms with Gasteiger partial charge < -0.3 is 20.1 Å². The van der Waals surface area contributed by atoms with E-state index in [4.69, 9.17) is 9.84 Å². The molecule has 0 aromatic heterocycles. The summed E-state index contributed by atoms with van der Waals surface area (Å²) in [6, 6.07) is 5.21. The number of nitrogens with one attached hydrogen (secondary N) is 1. The highest BCUT2D eigenvalue weighted by Gasteiger charge is 2.17. The van der Waals surface area contributed by atoms with Crippen LogP contribution in [-0.4, -0.2) is 42.7 Å². The maximum atomic E-state index is 12.0. The van der Waals surface area contributed by atoms with E-state index in [1.54, 1.807) is 14.2 Å². The van der Waals surface area contributed by atoms with Crippen molar-refractivity contribution >= 4 is 12.0 Å². The fraction of sp³-hybridized carbons (Fsp3) is 0.467. The second-order valence-corrected chi connectivity index (χ2v) is 4.98. The molecule has 1 aromatic rings. The van der Waals surface area contributed by atoms with Gasteiger partial charge in [0.05, 0.1) is 19.6 Å². The van der Waals surface area contributed by atoms with E-state index in [1.807, 2.05) is 32.0 Å². The predicted octanol–water partition coefficient (Wildman–Crippen LogP) is 2.18. The number of carbonyl (C=O) groups excluding carboxylic acids is 1. The smallest absolute Gasteiger partial charge is 0.317 e. The molecule has 1 rings (SSSR count). The third-order valence-electron chi connectivity index (χ3n) is 3.20. The van der Waals surface area contributed by atoms with Gasteiger partial charge in [0.25, 0.3) is 0 Å². The molecule has 0 heterocycles. The van der Waals surface area contributed by atoms with Gasteiger partial charge in [-0.05, 0) is 19.9 Å². The minimum atomic E-state index is -0.928. The largest absolute Gasteiger partial charge is 0.496 e. The van der Waals surface area contributed by atoms with Gasteiger partial charge in [0.1, 0.15) is 5.75 Å². The third kappa shape index (κ3) is 4.98. The van der Waals surface area contributed by atoms with Crippen LogP contribution in [0.1, 0.15) is 30.5 Å². The maximum absolute atomic E-state index is 12.0. The molecule has 116 valence electrons. The van der Waals surface area contributed by atoms with Crippen molar-refractivity contribution in [2.24, 2.45) is 0 Å². The number of ether oxygens (including phenoxy) is 1. The van der Waals surface area contributed by atoms with E-state index < -0.39 is 5.97 Å². The first-order valence-electron chi connectivity index (χ1n) is 6.73. The summed E-state index contributed by atoms with van der Waals surface area (Å²) in [6.07, 6.45) is -0.0773. The van der Waals surface area contributed by atoms with Crippen molar-refractivity contribution in [3.63, 3.8) is 0 Å². The fourth-order valence-corrected chi connectivity index (χ4v) is 1.93. The Morgan fingerprint density at radius 3 is 2.67 bits per heavy atom. The Morgan fingerprint density at radius 2 is 2.10 bits per heavy atom. The van der Waals surface area contributed by atoms with E-state index in [1.165, 1.54) is 4.90 Å². The lowest BCUT2D eigenvalue weighted by Crippen LogP contribution is -2.39. The number of rotatable bonds is 6. The first-order valence-corrected chi connectivity index (χ1v) is 6.73. The van der Waals surface area contributed by atoms with Gasteiger partial charge in [-0.2, -0.15) is 0 Å². The predicted molar refractivity (Wildman–Crippen MR) is 79.6 cm³/mol. The SMILES string of the molecule is COc1ccc(C)cc1[C@H](C)NC(=O)N(C)CCC(=O)O.